The lowest BCUT2D eigenvalue weighted by Crippen LogP contribution is -2.24. The number of nitrogens with one attached hydrogen (secondary N) is 1. The molecule has 0 amide bonds. The summed E-state index contributed by atoms with van der Waals surface area (Å²) in [6.45, 7) is 2.66. The summed E-state index contributed by atoms with van der Waals surface area (Å²) in [7, 11) is 0. The molecule has 94 valence electrons. The minimum atomic E-state index is -0.461. The number of benzene rings is 2. The van der Waals surface area contributed by atoms with Gasteiger partial charge in [-0.2, -0.15) is 0 Å². The maximum atomic E-state index is 10.1. The maximum Gasteiger partial charge on any atom is 0.0914 e. The average molecular weight is 241 g/mol. The van der Waals surface area contributed by atoms with E-state index in [9.17, 15) is 5.11 Å². The second-order valence-electron chi connectivity index (χ2n) is 4.47. The van der Waals surface area contributed by atoms with Gasteiger partial charge in [-0.25, -0.2) is 0 Å². The molecule has 2 unspecified atom stereocenters. The van der Waals surface area contributed by atoms with Crippen molar-refractivity contribution in [2.24, 2.45) is 0 Å². The molecule has 2 heteroatoms. The van der Waals surface area contributed by atoms with Crippen molar-refractivity contribution in [2.75, 3.05) is 6.54 Å². The summed E-state index contributed by atoms with van der Waals surface area (Å²) in [5.41, 5.74) is 2.18. The third-order valence-electron chi connectivity index (χ3n) is 3.10. The Hall–Kier alpha value is -1.64. The predicted octanol–water partition coefficient (Wildman–Crippen LogP) is 3.07. The van der Waals surface area contributed by atoms with Gasteiger partial charge in [-0.1, -0.05) is 60.7 Å². The molecule has 0 bridgehead atoms. The highest BCUT2D eigenvalue weighted by Gasteiger charge is 2.09. The Labute approximate surface area is 108 Å². The third-order valence-corrected chi connectivity index (χ3v) is 3.10. The van der Waals surface area contributed by atoms with Crippen molar-refractivity contribution in [2.45, 2.75) is 19.1 Å². The van der Waals surface area contributed by atoms with Crippen LogP contribution in [0.25, 0.3) is 0 Å². The van der Waals surface area contributed by atoms with Gasteiger partial charge in [0.1, 0.15) is 0 Å². The highest BCUT2D eigenvalue weighted by Crippen LogP contribution is 2.15. The van der Waals surface area contributed by atoms with Crippen LogP contribution in [0.3, 0.4) is 0 Å². The number of hydrogen-bond acceptors (Lipinski definition) is 2. The summed E-state index contributed by atoms with van der Waals surface area (Å²) >= 11 is 0. The van der Waals surface area contributed by atoms with Crippen molar-refractivity contribution < 1.29 is 5.11 Å². The molecule has 2 aromatic rings. The van der Waals surface area contributed by atoms with Crippen molar-refractivity contribution in [3.05, 3.63) is 71.8 Å². The van der Waals surface area contributed by atoms with Gasteiger partial charge in [-0.15, -0.1) is 0 Å². The van der Waals surface area contributed by atoms with Crippen LogP contribution in [0.2, 0.25) is 0 Å². The normalized spacial score (nSPS) is 14.1. The summed E-state index contributed by atoms with van der Waals surface area (Å²) in [5, 5.41) is 13.4. The van der Waals surface area contributed by atoms with E-state index in [-0.39, 0.29) is 6.04 Å². The first kappa shape index (κ1) is 12.8. The van der Waals surface area contributed by atoms with Crippen LogP contribution in [0.15, 0.2) is 60.7 Å². The third kappa shape index (κ3) is 3.42. The van der Waals surface area contributed by atoms with Crippen LogP contribution in [0.5, 0.6) is 0 Å². The van der Waals surface area contributed by atoms with Gasteiger partial charge in [-0.05, 0) is 18.1 Å². The fourth-order valence-electron chi connectivity index (χ4n) is 1.94. The van der Waals surface area contributed by atoms with E-state index in [0.717, 1.165) is 5.56 Å². The Morgan fingerprint density at radius 1 is 0.889 bits per heavy atom. The van der Waals surface area contributed by atoms with Crippen molar-refractivity contribution in [1.29, 1.82) is 0 Å². The summed E-state index contributed by atoms with van der Waals surface area (Å²) in [6.07, 6.45) is -0.461. The van der Waals surface area contributed by atoms with Crippen LogP contribution in [0.4, 0.5) is 0 Å². The van der Waals surface area contributed by atoms with E-state index in [1.54, 1.807) is 0 Å². The zero-order valence-corrected chi connectivity index (χ0v) is 10.6. The summed E-state index contributed by atoms with van der Waals surface area (Å²) in [4.78, 5) is 0. The first-order valence-electron chi connectivity index (χ1n) is 6.28. The maximum absolute atomic E-state index is 10.1. The van der Waals surface area contributed by atoms with Crippen molar-refractivity contribution in [3.8, 4) is 0 Å². The average Bonchev–Trinajstić information content (AvgIpc) is 2.46. The Morgan fingerprint density at radius 3 is 1.94 bits per heavy atom. The lowest BCUT2D eigenvalue weighted by atomic mass is 10.1. The first-order valence-corrected chi connectivity index (χ1v) is 6.28. The van der Waals surface area contributed by atoms with Gasteiger partial charge in [0.2, 0.25) is 0 Å². The van der Waals surface area contributed by atoms with Crippen LogP contribution in [0, 0.1) is 0 Å². The van der Waals surface area contributed by atoms with E-state index in [1.165, 1.54) is 5.56 Å². The molecule has 0 saturated carbocycles. The topological polar surface area (TPSA) is 32.3 Å². The fraction of sp³-hybridized carbons (Fsp3) is 0.250. The fourth-order valence-corrected chi connectivity index (χ4v) is 1.94. The molecule has 0 aliphatic heterocycles. The van der Waals surface area contributed by atoms with Crippen molar-refractivity contribution >= 4 is 0 Å². The molecule has 2 aromatic carbocycles. The first-order chi connectivity index (χ1) is 8.77. The van der Waals surface area contributed by atoms with Crippen molar-refractivity contribution in [3.63, 3.8) is 0 Å². The quantitative estimate of drug-likeness (QED) is 0.843. The predicted molar refractivity (Wildman–Crippen MR) is 74.3 cm³/mol. The second kappa shape index (κ2) is 6.34. The Bertz CT molecular complexity index is 410. The van der Waals surface area contributed by atoms with Crippen LogP contribution in [-0.4, -0.2) is 11.7 Å². The van der Waals surface area contributed by atoms with Crippen LogP contribution in [-0.2, 0) is 0 Å². The molecular weight excluding hydrogens is 222 g/mol. The van der Waals surface area contributed by atoms with Crippen LogP contribution >= 0.6 is 0 Å². The highest BCUT2D eigenvalue weighted by atomic mass is 16.3. The van der Waals surface area contributed by atoms with Crippen LogP contribution < -0.4 is 5.32 Å². The molecule has 2 atom stereocenters. The smallest absolute Gasteiger partial charge is 0.0914 e. The number of aliphatic hydroxyl groups is 1. The van der Waals surface area contributed by atoms with E-state index in [2.05, 4.69) is 24.4 Å². The molecule has 18 heavy (non-hydrogen) atoms. The van der Waals surface area contributed by atoms with Gasteiger partial charge in [0.05, 0.1) is 6.10 Å². The standard InChI is InChI=1S/C16H19NO/c1-13(14-8-4-2-5-9-14)17-12-16(18)15-10-6-3-7-11-15/h2-11,13,16-18H,12H2,1H3. The van der Waals surface area contributed by atoms with E-state index in [1.807, 2.05) is 48.5 Å². The molecule has 0 aliphatic carbocycles. The molecule has 0 spiro atoms. The zero-order valence-electron chi connectivity index (χ0n) is 10.6. The molecule has 0 aliphatic rings. The number of rotatable bonds is 5. The largest absolute Gasteiger partial charge is 0.387 e. The second-order valence-corrected chi connectivity index (χ2v) is 4.47. The van der Waals surface area contributed by atoms with Gasteiger partial charge in [-0.3, -0.25) is 0 Å². The van der Waals surface area contributed by atoms with Gasteiger partial charge < -0.3 is 10.4 Å². The van der Waals surface area contributed by atoms with Gasteiger partial charge in [0.25, 0.3) is 0 Å². The summed E-state index contributed by atoms with van der Waals surface area (Å²) < 4.78 is 0. The molecule has 2 N–H and O–H groups in total. The molecule has 2 rings (SSSR count). The monoisotopic (exact) mass is 241 g/mol. The molecule has 0 heterocycles. The zero-order chi connectivity index (χ0) is 12.8. The van der Waals surface area contributed by atoms with E-state index >= 15 is 0 Å². The lowest BCUT2D eigenvalue weighted by Gasteiger charge is -2.17. The Balaban J connectivity index is 1.89. The number of hydrogen-bond donors (Lipinski definition) is 2. The lowest BCUT2D eigenvalue weighted by molar-refractivity contribution is 0.171. The summed E-state index contributed by atoms with van der Waals surface area (Å²) in [6, 6.07) is 20.2. The minimum Gasteiger partial charge on any atom is -0.387 e. The van der Waals surface area contributed by atoms with Crippen LogP contribution in [0.1, 0.15) is 30.2 Å². The van der Waals surface area contributed by atoms with Gasteiger partial charge in [0, 0.05) is 12.6 Å². The van der Waals surface area contributed by atoms with Crippen molar-refractivity contribution in [1.82, 2.24) is 5.32 Å². The minimum absolute atomic E-state index is 0.240. The number of aliphatic hydroxyl groups excluding tert-OH is 1. The Kier molecular flexibility index (Phi) is 4.51. The SMILES string of the molecule is CC(NCC(O)c1ccccc1)c1ccccc1. The molecule has 0 fully saturated rings. The molecule has 0 saturated heterocycles. The summed E-state index contributed by atoms with van der Waals surface area (Å²) in [5.74, 6) is 0. The van der Waals surface area contributed by atoms with E-state index in [4.69, 9.17) is 0 Å². The van der Waals surface area contributed by atoms with E-state index < -0.39 is 6.10 Å². The Morgan fingerprint density at radius 2 is 1.39 bits per heavy atom. The van der Waals surface area contributed by atoms with Gasteiger partial charge >= 0.3 is 0 Å². The molecule has 0 aromatic heterocycles. The highest BCUT2D eigenvalue weighted by molar-refractivity contribution is 5.19. The molecule has 0 radical (unpaired) electrons. The van der Waals surface area contributed by atoms with Gasteiger partial charge in [0.15, 0.2) is 0 Å². The molecule has 2 nitrogen and oxygen atoms in total. The van der Waals surface area contributed by atoms with E-state index in [0.29, 0.717) is 6.54 Å². The molecular formula is C16H19NO.